The predicted octanol–water partition coefficient (Wildman–Crippen LogP) is 10.4. The summed E-state index contributed by atoms with van der Waals surface area (Å²) in [6.45, 7) is 0. The van der Waals surface area contributed by atoms with Gasteiger partial charge in [-0.25, -0.2) is 19.2 Å². The van der Waals surface area contributed by atoms with E-state index in [0.717, 1.165) is 59.2 Å². The van der Waals surface area contributed by atoms with E-state index in [1.54, 1.807) is 24.3 Å². The standard InChI is InChI=1S/C24H16O4.C22H10O3/c1-27-23(25)18-11-9-16-14-7-3-5-13-6-4-8-15(20(13)14)17-10-12-19(24(26)28-2)22(18)21(16)17;23-21-16-9-7-14-12-5-1-3-11-4-2-6-13(18(11)12)15-8-10-17(22(24)25-21)20(16)19(14)15/h3-12H,1-2H3;1-10H. The molecular formula is C46H26O7. The van der Waals surface area contributed by atoms with Gasteiger partial charge < -0.3 is 14.2 Å². The van der Waals surface area contributed by atoms with Crippen molar-refractivity contribution in [2.24, 2.45) is 0 Å². The minimum atomic E-state index is -0.571. The molecule has 0 N–H and O–H groups in total. The van der Waals surface area contributed by atoms with Crippen LogP contribution in [0.1, 0.15) is 41.4 Å². The molecule has 0 atom stereocenters. The van der Waals surface area contributed by atoms with Gasteiger partial charge in [-0.2, -0.15) is 0 Å². The normalized spacial score (nSPS) is 12.7. The minimum absolute atomic E-state index is 0.357. The fourth-order valence-corrected chi connectivity index (χ4v) is 8.56. The van der Waals surface area contributed by atoms with Gasteiger partial charge in [-0.05, 0) is 99.7 Å². The summed E-state index contributed by atoms with van der Waals surface area (Å²) in [6, 6.07) is 39.7. The van der Waals surface area contributed by atoms with Crippen molar-refractivity contribution in [3.63, 3.8) is 0 Å². The second-order valence-corrected chi connectivity index (χ2v) is 13.2. The summed E-state index contributed by atoms with van der Waals surface area (Å²) in [7, 11) is 2.68. The number of hydrogen-bond acceptors (Lipinski definition) is 7. The maximum Gasteiger partial charge on any atom is 0.346 e. The van der Waals surface area contributed by atoms with Crippen LogP contribution in [-0.2, 0) is 14.2 Å². The van der Waals surface area contributed by atoms with Crippen LogP contribution in [0.5, 0.6) is 0 Å². The lowest BCUT2D eigenvalue weighted by Crippen LogP contribution is -2.19. The Bertz CT molecular complexity index is 3050. The number of cyclic esters (lactones) is 2. The number of ether oxygens (including phenoxy) is 3. The molecule has 11 rings (SSSR count). The predicted molar refractivity (Wildman–Crippen MR) is 208 cm³/mol. The van der Waals surface area contributed by atoms with Gasteiger partial charge in [-0.15, -0.1) is 0 Å². The molecule has 53 heavy (non-hydrogen) atoms. The van der Waals surface area contributed by atoms with E-state index in [1.165, 1.54) is 30.4 Å². The third kappa shape index (κ3) is 4.16. The Labute approximate surface area is 300 Å². The van der Waals surface area contributed by atoms with Crippen LogP contribution in [0.2, 0.25) is 0 Å². The van der Waals surface area contributed by atoms with Crippen molar-refractivity contribution in [3.05, 3.63) is 144 Å². The van der Waals surface area contributed by atoms with E-state index >= 15 is 0 Å². The van der Waals surface area contributed by atoms with Crippen molar-refractivity contribution < 1.29 is 33.4 Å². The summed E-state index contributed by atoms with van der Waals surface area (Å²) in [5, 5.41) is 16.4. The number of carbonyl (C=O) groups is 4. The van der Waals surface area contributed by atoms with Gasteiger partial charge in [-0.1, -0.05) is 97.1 Å². The first-order valence-corrected chi connectivity index (χ1v) is 17.1. The number of esters is 4. The molecule has 252 valence electrons. The van der Waals surface area contributed by atoms with E-state index in [1.807, 2.05) is 48.5 Å². The average molecular weight is 691 g/mol. The Morgan fingerprint density at radius 1 is 0.396 bits per heavy atom. The Morgan fingerprint density at radius 3 is 1.11 bits per heavy atom. The summed E-state index contributed by atoms with van der Waals surface area (Å²) >= 11 is 0. The van der Waals surface area contributed by atoms with Crippen molar-refractivity contribution >= 4 is 110 Å². The second kappa shape index (κ2) is 11.2. The van der Waals surface area contributed by atoms with Gasteiger partial charge >= 0.3 is 23.9 Å². The molecule has 1 aliphatic rings. The van der Waals surface area contributed by atoms with Gasteiger partial charge in [0.2, 0.25) is 0 Å². The SMILES string of the molecule is COC(=O)c1ccc2c3cccc4cccc(c5ccc(C(=O)OC)c1c25)c43.O=C1OC(=O)c2ccc3c4cccc5cccc(c6ccc1c2c63)c54. The summed E-state index contributed by atoms with van der Waals surface area (Å²) in [6.07, 6.45) is 0. The Morgan fingerprint density at radius 2 is 0.736 bits per heavy atom. The van der Waals surface area contributed by atoms with Crippen molar-refractivity contribution in [3.8, 4) is 0 Å². The fraction of sp³-hybridized carbons (Fsp3) is 0.0435. The molecule has 1 heterocycles. The molecule has 0 saturated carbocycles. The lowest BCUT2D eigenvalue weighted by molar-refractivity contribution is 0.0389. The minimum Gasteiger partial charge on any atom is -0.465 e. The van der Waals surface area contributed by atoms with Crippen LogP contribution in [0.4, 0.5) is 0 Å². The van der Waals surface area contributed by atoms with Crippen molar-refractivity contribution in [1.82, 2.24) is 0 Å². The highest BCUT2D eigenvalue weighted by atomic mass is 16.6. The monoisotopic (exact) mass is 690 g/mol. The van der Waals surface area contributed by atoms with E-state index in [9.17, 15) is 19.2 Å². The van der Waals surface area contributed by atoms with E-state index in [0.29, 0.717) is 33.0 Å². The summed E-state index contributed by atoms with van der Waals surface area (Å²) in [4.78, 5) is 49.4. The maximum absolute atomic E-state index is 12.5. The van der Waals surface area contributed by atoms with Crippen molar-refractivity contribution in [1.29, 1.82) is 0 Å². The first kappa shape index (κ1) is 30.7. The molecule has 0 fully saturated rings. The molecule has 0 spiro atoms. The molecule has 0 saturated heterocycles. The highest BCUT2D eigenvalue weighted by Crippen LogP contribution is 2.44. The topological polar surface area (TPSA) is 96.0 Å². The van der Waals surface area contributed by atoms with E-state index in [-0.39, 0.29) is 0 Å². The van der Waals surface area contributed by atoms with Crippen LogP contribution in [0.3, 0.4) is 0 Å². The molecule has 0 radical (unpaired) electrons. The third-order valence-electron chi connectivity index (χ3n) is 10.7. The number of fused-ring (bicyclic) bond motifs is 4. The van der Waals surface area contributed by atoms with Gasteiger partial charge in [0.05, 0.1) is 36.5 Å². The number of carbonyl (C=O) groups excluding carboxylic acids is 4. The molecule has 10 aromatic carbocycles. The number of hydrogen-bond donors (Lipinski definition) is 0. The summed E-state index contributed by atoms with van der Waals surface area (Å²) < 4.78 is 14.8. The molecule has 10 aromatic rings. The van der Waals surface area contributed by atoms with Crippen LogP contribution >= 0.6 is 0 Å². The summed E-state index contributed by atoms with van der Waals surface area (Å²) in [5.41, 5.74) is 1.63. The van der Waals surface area contributed by atoms with Crippen LogP contribution in [0, 0.1) is 0 Å². The third-order valence-corrected chi connectivity index (χ3v) is 10.7. The van der Waals surface area contributed by atoms with Gasteiger partial charge in [0.25, 0.3) is 0 Å². The fourth-order valence-electron chi connectivity index (χ4n) is 8.56. The van der Waals surface area contributed by atoms with Gasteiger partial charge in [-0.3, -0.25) is 0 Å². The Hall–Kier alpha value is -7.12. The Kier molecular flexibility index (Phi) is 6.48. The molecular weight excluding hydrogens is 664 g/mol. The largest absolute Gasteiger partial charge is 0.465 e. The van der Waals surface area contributed by atoms with Gasteiger partial charge in [0, 0.05) is 10.8 Å². The van der Waals surface area contributed by atoms with Crippen LogP contribution in [0.25, 0.3) is 86.2 Å². The van der Waals surface area contributed by atoms with Gasteiger partial charge in [0.15, 0.2) is 0 Å². The molecule has 0 aliphatic carbocycles. The number of rotatable bonds is 2. The second-order valence-electron chi connectivity index (χ2n) is 13.2. The quantitative estimate of drug-likeness (QED) is 0.0586. The highest BCUT2D eigenvalue weighted by Gasteiger charge is 2.29. The van der Waals surface area contributed by atoms with E-state index < -0.39 is 23.9 Å². The molecule has 0 amide bonds. The zero-order valence-corrected chi connectivity index (χ0v) is 28.4. The van der Waals surface area contributed by atoms with Crippen LogP contribution in [0.15, 0.2) is 121 Å². The highest BCUT2D eigenvalue weighted by molar-refractivity contribution is 6.38. The molecule has 7 nitrogen and oxygen atoms in total. The van der Waals surface area contributed by atoms with Crippen LogP contribution < -0.4 is 0 Å². The number of methoxy groups -OCH3 is 2. The van der Waals surface area contributed by atoms with Crippen LogP contribution in [-0.4, -0.2) is 38.1 Å². The molecule has 0 aromatic heterocycles. The maximum atomic E-state index is 12.5. The lowest BCUT2D eigenvalue weighted by atomic mass is 9.86. The van der Waals surface area contributed by atoms with Crippen molar-refractivity contribution in [2.45, 2.75) is 0 Å². The lowest BCUT2D eigenvalue weighted by Gasteiger charge is -2.20. The van der Waals surface area contributed by atoms with E-state index in [2.05, 4.69) is 48.5 Å². The number of benzene rings is 10. The molecule has 0 bridgehead atoms. The summed E-state index contributed by atoms with van der Waals surface area (Å²) in [5.74, 6) is -2.10. The zero-order chi connectivity index (χ0) is 36.1. The average Bonchev–Trinajstić information content (AvgIpc) is 3.20. The molecule has 1 aliphatic heterocycles. The van der Waals surface area contributed by atoms with E-state index in [4.69, 9.17) is 14.2 Å². The Balaban J connectivity index is 0.000000133. The first-order chi connectivity index (χ1) is 25.9. The zero-order valence-electron chi connectivity index (χ0n) is 28.4. The molecule has 7 heteroatoms. The van der Waals surface area contributed by atoms with Gasteiger partial charge in [0.1, 0.15) is 0 Å². The first-order valence-electron chi connectivity index (χ1n) is 17.1. The van der Waals surface area contributed by atoms with Crippen molar-refractivity contribution in [2.75, 3.05) is 14.2 Å². The molecule has 0 unspecified atom stereocenters. The smallest absolute Gasteiger partial charge is 0.346 e.